The number of amides is 1. The number of nitrogens with one attached hydrogen (secondary N) is 1. The second-order valence-corrected chi connectivity index (χ2v) is 8.49. The van der Waals surface area contributed by atoms with Gasteiger partial charge in [-0.1, -0.05) is 48.9 Å². The molecule has 0 aliphatic heterocycles. The average Bonchev–Trinajstić information content (AvgIpc) is 2.85. The van der Waals surface area contributed by atoms with Gasteiger partial charge in [-0.2, -0.15) is 0 Å². The number of carbonyl (C=O) groups is 2. The van der Waals surface area contributed by atoms with Gasteiger partial charge in [0.1, 0.15) is 12.3 Å². The molecule has 0 unspecified atom stereocenters. The monoisotopic (exact) mass is 488 g/mol. The van der Waals surface area contributed by atoms with Gasteiger partial charge >= 0.3 is 0 Å². The Morgan fingerprint density at radius 1 is 1.00 bits per heavy atom. The van der Waals surface area contributed by atoms with E-state index in [2.05, 4.69) is 5.32 Å². The lowest BCUT2D eigenvalue weighted by Crippen LogP contribution is -2.24. The van der Waals surface area contributed by atoms with Crippen molar-refractivity contribution in [2.75, 3.05) is 11.9 Å². The minimum Gasteiger partial charge on any atom is -0.494 e. The number of ether oxygens (including phenoxy) is 1. The highest BCUT2D eigenvalue weighted by Gasteiger charge is 2.19. The van der Waals surface area contributed by atoms with Crippen molar-refractivity contribution in [2.24, 2.45) is 0 Å². The van der Waals surface area contributed by atoms with Crippen molar-refractivity contribution >= 4 is 39.9 Å². The number of anilines is 1. The minimum absolute atomic E-state index is 0.00838. The highest BCUT2D eigenvalue weighted by molar-refractivity contribution is 6.30. The fourth-order valence-electron chi connectivity index (χ4n) is 3.89. The van der Waals surface area contributed by atoms with Crippen molar-refractivity contribution < 1.29 is 14.3 Å². The summed E-state index contributed by atoms with van der Waals surface area (Å²) in [6.07, 6.45) is 2.30. The van der Waals surface area contributed by atoms with E-state index in [-0.39, 0.29) is 18.0 Å². The summed E-state index contributed by atoms with van der Waals surface area (Å²) in [6.45, 7) is 4.21. The summed E-state index contributed by atoms with van der Waals surface area (Å²) in [5.41, 5.74) is 2.17. The lowest BCUT2D eigenvalue weighted by Gasteiger charge is -2.15. The topological polar surface area (TPSA) is 77.4 Å². The summed E-state index contributed by atoms with van der Waals surface area (Å²) in [4.78, 5) is 39.6. The summed E-state index contributed by atoms with van der Waals surface area (Å²) in [7, 11) is 0. The Morgan fingerprint density at radius 3 is 2.46 bits per heavy atom. The standard InChI is InChI=1S/C28H25ClN2O4/c1-3-18-8-10-19(11-9-18)27(33)24-16-31(17-26(32)30-21-7-5-6-20(29)14-21)25-13-12-22(35-4-2)15-23(25)28(24)34/h5-16H,3-4,17H2,1-2H3,(H,30,32). The van der Waals surface area contributed by atoms with E-state index in [1.807, 2.05) is 26.0 Å². The van der Waals surface area contributed by atoms with Gasteiger partial charge in [-0.25, -0.2) is 0 Å². The number of ketones is 1. The maximum absolute atomic E-state index is 13.4. The summed E-state index contributed by atoms with van der Waals surface area (Å²) < 4.78 is 7.18. The van der Waals surface area contributed by atoms with E-state index in [4.69, 9.17) is 16.3 Å². The molecule has 0 saturated heterocycles. The van der Waals surface area contributed by atoms with Crippen LogP contribution in [0.4, 0.5) is 5.69 Å². The Balaban J connectivity index is 1.77. The molecule has 0 radical (unpaired) electrons. The molecule has 7 heteroatoms. The molecule has 4 rings (SSSR count). The Hall–Kier alpha value is -3.90. The summed E-state index contributed by atoms with van der Waals surface area (Å²) in [6, 6.07) is 19.1. The highest BCUT2D eigenvalue weighted by atomic mass is 35.5. The number of aryl methyl sites for hydroxylation is 1. The molecule has 0 saturated carbocycles. The lowest BCUT2D eigenvalue weighted by atomic mass is 10.0. The Labute approximate surface area is 208 Å². The quantitative estimate of drug-likeness (QED) is 0.333. The van der Waals surface area contributed by atoms with Crippen molar-refractivity contribution in [3.8, 4) is 5.75 Å². The van der Waals surface area contributed by atoms with Crippen LogP contribution in [0.3, 0.4) is 0 Å². The van der Waals surface area contributed by atoms with Crippen molar-refractivity contribution in [3.05, 3.63) is 105 Å². The minimum atomic E-state index is -0.405. The molecule has 0 aliphatic carbocycles. The van der Waals surface area contributed by atoms with E-state index in [1.165, 1.54) is 6.20 Å². The number of pyridine rings is 1. The van der Waals surface area contributed by atoms with Crippen LogP contribution in [0.5, 0.6) is 5.75 Å². The predicted molar refractivity (Wildman–Crippen MR) is 139 cm³/mol. The smallest absolute Gasteiger partial charge is 0.244 e. The number of hydrogen-bond donors (Lipinski definition) is 1. The molecule has 1 N–H and O–H groups in total. The van der Waals surface area contributed by atoms with Gasteiger partial charge in [-0.3, -0.25) is 14.4 Å². The van der Waals surface area contributed by atoms with Crippen LogP contribution in [-0.2, 0) is 17.8 Å². The zero-order chi connectivity index (χ0) is 24.9. The largest absolute Gasteiger partial charge is 0.494 e. The van der Waals surface area contributed by atoms with Crippen LogP contribution in [0.15, 0.2) is 77.7 Å². The zero-order valence-corrected chi connectivity index (χ0v) is 20.3. The molecule has 0 bridgehead atoms. The SMILES string of the molecule is CCOc1ccc2c(c1)c(=O)c(C(=O)c1ccc(CC)cc1)cn2CC(=O)Nc1cccc(Cl)c1. The number of nitrogens with zero attached hydrogens (tertiary/aromatic N) is 1. The molecule has 178 valence electrons. The summed E-state index contributed by atoms with van der Waals surface area (Å²) >= 11 is 6.02. The van der Waals surface area contributed by atoms with E-state index < -0.39 is 11.2 Å². The molecule has 1 heterocycles. The van der Waals surface area contributed by atoms with Gasteiger partial charge in [0.05, 0.1) is 23.1 Å². The van der Waals surface area contributed by atoms with Gasteiger partial charge in [0, 0.05) is 22.5 Å². The summed E-state index contributed by atoms with van der Waals surface area (Å²) in [5, 5.41) is 3.61. The summed E-state index contributed by atoms with van der Waals surface area (Å²) in [5.74, 6) is -0.203. The van der Waals surface area contributed by atoms with Crippen LogP contribution in [-0.4, -0.2) is 22.9 Å². The van der Waals surface area contributed by atoms with Crippen molar-refractivity contribution in [1.82, 2.24) is 4.57 Å². The van der Waals surface area contributed by atoms with Gasteiger partial charge < -0.3 is 14.6 Å². The highest BCUT2D eigenvalue weighted by Crippen LogP contribution is 2.21. The fourth-order valence-corrected chi connectivity index (χ4v) is 4.08. The fraction of sp³-hybridized carbons (Fsp3) is 0.179. The first kappa shape index (κ1) is 24.2. The van der Waals surface area contributed by atoms with Gasteiger partial charge in [-0.15, -0.1) is 0 Å². The molecule has 0 aliphatic rings. The molecular weight excluding hydrogens is 464 g/mol. The van der Waals surface area contributed by atoms with Gasteiger partial charge in [0.2, 0.25) is 11.3 Å². The lowest BCUT2D eigenvalue weighted by molar-refractivity contribution is -0.116. The van der Waals surface area contributed by atoms with Crippen LogP contribution in [0.25, 0.3) is 10.9 Å². The Morgan fingerprint density at radius 2 is 1.77 bits per heavy atom. The molecule has 0 atom stereocenters. The first-order valence-corrected chi connectivity index (χ1v) is 11.8. The van der Waals surface area contributed by atoms with Crippen LogP contribution in [0.2, 0.25) is 5.02 Å². The number of hydrogen-bond acceptors (Lipinski definition) is 4. The van der Waals surface area contributed by atoms with Crippen molar-refractivity contribution in [2.45, 2.75) is 26.8 Å². The number of benzene rings is 3. The molecule has 35 heavy (non-hydrogen) atoms. The Kier molecular flexibility index (Phi) is 7.32. The van der Waals surface area contributed by atoms with Crippen molar-refractivity contribution in [1.29, 1.82) is 0 Å². The maximum atomic E-state index is 13.4. The molecule has 6 nitrogen and oxygen atoms in total. The molecule has 0 spiro atoms. The van der Waals surface area contributed by atoms with E-state index in [0.717, 1.165) is 12.0 Å². The third-order valence-electron chi connectivity index (χ3n) is 5.65. The molecule has 1 aromatic heterocycles. The van der Waals surface area contributed by atoms with E-state index in [9.17, 15) is 14.4 Å². The van der Waals surface area contributed by atoms with E-state index in [0.29, 0.717) is 39.5 Å². The van der Waals surface area contributed by atoms with Crippen molar-refractivity contribution in [3.63, 3.8) is 0 Å². The first-order valence-electron chi connectivity index (χ1n) is 11.4. The second-order valence-electron chi connectivity index (χ2n) is 8.05. The van der Waals surface area contributed by atoms with Crippen LogP contribution >= 0.6 is 11.6 Å². The molecule has 3 aromatic carbocycles. The van der Waals surface area contributed by atoms with Gasteiger partial charge in [0.15, 0.2) is 5.78 Å². The zero-order valence-electron chi connectivity index (χ0n) is 19.5. The van der Waals surface area contributed by atoms with Gasteiger partial charge in [-0.05, 0) is 55.3 Å². The predicted octanol–water partition coefficient (Wildman–Crippen LogP) is 5.49. The van der Waals surface area contributed by atoms with Gasteiger partial charge in [0.25, 0.3) is 0 Å². The van der Waals surface area contributed by atoms with E-state index >= 15 is 0 Å². The normalized spacial score (nSPS) is 10.8. The third kappa shape index (κ3) is 5.44. The second kappa shape index (κ2) is 10.6. The molecule has 0 fully saturated rings. The molecular formula is C28H25ClN2O4. The van der Waals surface area contributed by atoms with E-state index in [1.54, 1.807) is 59.2 Å². The van der Waals surface area contributed by atoms with Crippen LogP contribution in [0, 0.1) is 0 Å². The number of carbonyl (C=O) groups excluding carboxylic acids is 2. The van der Waals surface area contributed by atoms with Crippen LogP contribution < -0.4 is 15.5 Å². The average molecular weight is 489 g/mol. The molecule has 1 amide bonds. The maximum Gasteiger partial charge on any atom is 0.244 e. The number of halogens is 1. The van der Waals surface area contributed by atoms with Crippen LogP contribution in [0.1, 0.15) is 35.3 Å². The Bertz CT molecular complexity index is 1460. The first-order chi connectivity index (χ1) is 16.9. The number of aromatic nitrogens is 1. The molecule has 4 aromatic rings. The number of rotatable bonds is 8. The number of fused-ring (bicyclic) bond motifs is 1. The third-order valence-corrected chi connectivity index (χ3v) is 5.89.